The average molecular weight is 488 g/mol. The fraction of sp³-hybridized carbons (Fsp3) is 0.600. The van der Waals surface area contributed by atoms with Crippen LogP contribution in [0.1, 0.15) is 38.2 Å². The highest BCUT2D eigenvalue weighted by atomic mass is 127. The van der Waals surface area contributed by atoms with Crippen LogP contribution in [-0.4, -0.2) is 50.6 Å². The van der Waals surface area contributed by atoms with Crippen molar-refractivity contribution in [2.24, 2.45) is 10.9 Å². The second-order valence-corrected chi connectivity index (χ2v) is 7.27. The van der Waals surface area contributed by atoms with Crippen molar-refractivity contribution in [1.29, 1.82) is 0 Å². The van der Waals surface area contributed by atoms with Gasteiger partial charge in [0.25, 0.3) is 0 Å². The first-order valence-electron chi connectivity index (χ1n) is 9.36. The van der Waals surface area contributed by atoms with Gasteiger partial charge < -0.3 is 20.3 Å². The number of ether oxygens (including phenoxy) is 1. The molecule has 1 aliphatic rings. The minimum absolute atomic E-state index is 0. The highest BCUT2D eigenvalue weighted by Crippen LogP contribution is 2.23. The molecular formula is C20H33IN4O2. The van der Waals surface area contributed by atoms with E-state index in [1.165, 1.54) is 12.8 Å². The second kappa shape index (κ2) is 12.0. The van der Waals surface area contributed by atoms with E-state index in [0.29, 0.717) is 18.5 Å². The van der Waals surface area contributed by atoms with Crippen LogP contribution >= 0.6 is 24.0 Å². The molecule has 0 aliphatic heterocycles. The molecule has 1 aliphatic carbocycles. The normalized spacial score (nSPS) is 19.6. The number of rotatable bonds is 6. The van der Waals surface area contributed by atoms with E-state index < -0.39 is 0 Å². The molecule has 2 N–H and O–H groups in total. The molecule has 6 nitrogen and oxygen atoms in total. The molecule has 0 bridgehead atoms. The van der Waals surface area contributed by atoms with Crippen molar-refractivity contribution in [3.05, 3.63) is 29.8 Å². The number of hydrogen-bond acceptors (Lipinski definition) is 3. The SMILES string of the molecule is COc1ccc(CN=C(NCC(=O)N(C)C)NC2CCCC(C)C2)cc1.I. The summed E-state index contributed by atoms with van der Waals surface area (Å²) < 4.78 is 5.19. The topological polar surface area (TPSA) is 66.0 Å². The third kappa shape index (κ3) is 8.36. The molecule has 2 rings (SSSR count). The molecular weight excluding hydrogens is 455 g/mol. The van der Waals surface area contributed by atoms with Gasteiger partial charge in [-0.2, -0.15) is 0 Å². The van der Waals surface area contributed by atoms with Crippen molar-refractivity contribution in [1.82, 2.24) is 15.5 Å². The molecule has 1 fully saturated rings. The van der Waals surface area contributed by atoms with Crippen LogP contribution in [0.5, 0.6) is 5.75 Å². The molecule has 1 aromatic carbocycles. The van der Waals surface area contributed by atoms with Crippen LogP contribution in [0, 0.1) is 5.92 Å². The van der Waals surface area contributed by atoms with Gasteiger partial charge in [0.05, 0.1) is 20.2 Å². The number of guanidine groups is 1. The molecule has 0 aromatic heterocycles. The zero-order valence-corrected chi connectivity index (χ0v) is 19.2. The third-order valence-electron chi connectivity index (χ3n) is 4.76. The fourth-order valence-corrected chi connectivity index (χ4v) is 3.13. The number of halogens is 1. The first-order valence-corrected chi connectivity index (χ1v) is 9.36. The van der Waals surface area contributed by atoms with E-state index in [-0.39, 0.29) is 36.4 Å². The number of methoxy groups -OCH3 is 1. The number of hydrogen-bond donors (Lipinski definition) is 2. The van der Waals surface area contributed by atoms with Crippen molar-refractivity contribution in [3.63, 3.8) is 0 Å². The Kier molecular flexibility index (Phi) is 10.5. The number of nitrogens with one attached hydrogen (secondary N) is 2. The second-order valence-electron chi connectivity index (χ2n) is 7.27. The van der Waals surface area contributed by atoms with Crippen LogP contribution in [0.25, 0.3) is 0 Å². The molecule has 0 saturated heterocycles. The largest absolute Gasteiger partial charge is 0.497 e. The van der Waals surface area contributed by atoms with Crippen molar-refractivity contribution in [3.8, 4) is 5.75 Å². The Morgan fingerprint density at radius 1 is 1.26 bits per heavy atom. The zero-order chi connectivity index (χ0) is 18.9. The van der Waals surface area contributed by atoms with E-state index in [2.05, 4.69) is 22.5 Å². The van der Waals surface area contributed by atoms with Crippen LogP contribution in [0.2, 0.25) is 0 Å². The van der Waals surface area contributed by atoms with Crippen LogP contribution in [0.15, 0.2) is 29.3 Å². The van der Waals surface area contributed by atoms with Crippen LogP contribution in [0.4, 0.5) is 0 Å². The number of nitrogens with zero attached hydrogens (tertiary/aromatic N) is 2. The molecule has 0 heterocycles. The lowest BCUT2D eigenvalue weighted by Gasteiger charge is -2.29. The highest BCUT2D eigenvalue weighted by Gasteiger charge is 2.20. The highest BCUT2D eigenvalue weighted by molar-refractivity contribution is 14.0. The van der Waals surface area contributed by atoms with Gasteiger partial charge in [-0.1, -0.05) is 31.9 Å². The Balaban J connectivity index is 0.00000364. The average Bonchev–Trinajstić information content (AvgIpc) is 2.64. The van der Waals surface area contributed by atoms with Crippen molar-refractivity contribution in [2.45, 2.75) is 45.2 Å². The molecule has 1 saturated carbocycles. The third-order valence-corrected chi connectivity index (χ3v) is 4.76. The van der Waals surface area contributed by atoms with Gasteiger partial charge >= 0.3 is 0 Å². The first-order chi connectivity index (χ1) is 12.5. The van der Waals surface area contributed by atoms with E-state index in [0.717, 1.165) is 30.1 Å². The van der Waals surface area contributed by atoms with Gasteiger partial charge in [0.1, 0.15) is 5.75 Å². The summed E-state index contributed by atoms with van der Waals surface area (Å²) in [7, 11) is 5.18. The van der Waals surface area contributed by atoms with Gasteiger partial charge in [-0.15, -0.1) is 24.0 Å². The quantitative estimate of drug-likeness (QED) is 0.367. The molecule has 27 heavy (non-hydrogen) atoms. The monoisotopic (exact) mass is 488 g/mol. The van der Waals surface area contributed by atoms with Crippen molar-refractivity contribution in [2.75, 3.05) is 27.7 Å². The summed E-state index contributed by atoms with van der Waals surface area (Å²) in [5.41, 5.74) is 1.10. The fourth-order valence-electron chi connectivity index (χ4n) is 3.13. The molecule has 152 valence electrons. The van der Waals surface area contributed by atoms with Gasteiger partial charge in [0, 0.05) is 20.1 Å². The number of carbonyl (C=O) groups excluding carboxylic acids is 1. The van der Waals surface area contributed by atoms with Crippen molar-refractivity contribution < 1.29 is 9.53 Å². The predicted molar refractivity (Wildman–Crippen MR) is 121 cm³/mol. The van der Waals surface area contributed by atoms with Gasteiger partial charge in [0.2, 0.25) is 5.91 Å². The van der Waals surface area contributed by atoms with E-state index in [1.807, 2.05) is 24.3 Å². The Bertz CT molecular complexity index is 605. The summed E-state index contributed by atoms with van der Waals surface area (Å²) in [6, 6.07) is 8.30. The number of aliphatic imine (C=N–C) groups is 1. The minimum Gasteiger partial charge on any atom is -0.497 e. The molecule has 2 atom stereocenters. The number of amides is 1. The summed E-state index contributed by atoms with van der Waals surface area (Å²) in [4.78, 5) is 18.2. The number of carbonyl (C=O) groups is 1. The number of benzene rings is 1. The Hall–Kier alpha value is -1.51. The summed E-state index contributed by atoms with van der Waals surface area (Å²) in [6.45, 7) is 3.09. The van der Waals surface area contributed by atoms with Crippen LogP contribution in [0.3, 0.4) is 0 Å². The van der Waals surface area contributed by atoms with E-state index in [9.17, 15) is 4.79 Å². The summed E-state index contributed by atoms with van der Waals surface area (Å²) in [5, 5.41) is 6.70. The molecule has 1 aromatic rings. The zero-order valence-electron chi connectivity index (χ0n) is 16.8. The lowest BCUT2D eigenvalue weighted by Crippen LogP contribution is -2.47. The summed E-state index contributed by atoms with van der Waals surface area (Å²) in [5.74, 6) is 2.30. The van der Waals surface area contributed by atoms with E-state index >= 15 is 0 Å². The lowest BCUT2D eigenvalue weighted by atomic mass is 9.87. The standard InChI is InChI=1S/C20H32N4O2.HI/c1-15-6-5-7-17(12-15)23-20(22-14-19(25)24(2)3)21-13-16-8-10-18(26-4)11-9-16;/h8-11,15,17H,5-7,12-14H2,1-4H3,(H2,21,22,23);1H. The lowest BCUT2D eigenvalue weighted by molar-refractivity contribution is -0.127. The van der Waals surface area contributed by atoms with Gasteiger partial charge in [-0.25, -0.2) is 4.99 Å². The Morgan fingerprint density at radius 3 is 2.56 bits per heavy atom. The van der Waals surface area contributed by atoms with Crippen molar-refractivity contribution >= 4 is 35.8 Å². The van der Waals surface area contributed by atoms with Gasteiger partial charge in [0.15, 0.2) is 5.96 Å². The maximum atomic E-state index is 11.9. The Morgan fingerprint density at radius 2 is 1.96 bits per heavy atom. The van der Waals surface area contributed by atoms with E-state index in [1.54, 1.807) is 26.1 Å². The molecule has 7 heteroatoms. The summed E-state index contributed by atoms with van der Waals surface area (Å²) in [6.07, 6.45) is 4.82. The van der Waals surface area contributed by atoms with Crippen LogP contribution in [-0.2, 0) is 11.3 Å². The van der Waals surface area contributed by atoms with Gasteiger partial charge in [-0.3, -0.25) is 4.79 Å². The first kappa shape index (κ1) is 23.5. The minimum atomic E-state index is 0. The Labute approximate surface area is 180 Å². The molecule has 2 unspecified atom stereocenters. The molecule has 1 amide bonds. The summed E-state index contributed by atoms with van der Waals surface area (Å²) >= 11 is 0. The maximum Gasteiger partial charge on any atom is 0.241 e. The maximum absolute atomic E-state index is 11.9. The number of likely N-dealkylation sites (N-methyl/N-ethyl adjacent to an activating group) is 1. The predicted octanol–water partition coefficient (Wildman–Crippen LogP) is 3.02. The smallest absolute Gasteiger partial charge is 0.241 e. The van der Waals surface area contributed by atoms with Crippen LogP contribution < -0.4 is 15.4 Å². The van der Waals surface area contributed by atoms with Gasteiger partial charge in [-0.05, 0) is 36.5 Å². The molecule has 0 spiro atoms. The van der Waals surface area contributed by atoms with E-state index in [4.69, 9.17) is 4.74 Å². The molecule has 0 radical (unpaired) electrons.